The van der Waals surface area contributed by atoms with Crippen molar-refractivity contribution < 1.29 is 9.90 Å². The zero-order chi connectivity index (χ0) is 23.1. The van der Waals surface area contributed by atoms with Crippen LogP contribution in [0.2, 0.25) is 10.0 Å². The standard InChI is InChI=1S/C23H22Cl2N6O2/c1-12(21-29-18-5-4-13(24)7-20(18)30-21)28-22-16-8-17(25)15(9-19(16)26-11-27-22)23(33)31-6-2-3-14(32)10-31/h4-5,7-9,11-12,14,32H,2-3,6,10H2,1H3,(H,29,30)(H,26,27,28)/t12-,14-/m1/s1. The van der Waals surface area contributed by atoms with Crippen LogP contribution in [-0.2, 0) is 0 Å². The number of carbonyl (C=O) groups excluding carboxylic acids is 1. The van der Waals surface area contributed by atoms with Crippen LogP contribution in [0.4, 0.5) is 5.82 Å². The first kappa shape index (κ1) is 21.9. The molecular formula is C23H22Cl2N6O2. The van der Waals surface area contributed by atoms with Gasteiger partial charge in [0, 0.05) is 23.5 Å². The highest BCUT2D eigenvalue weighted by molar-refractivity contribution is 6.35. The maximum absolute atomic E-state index is 13.0. The Hall–Kier alpha value is -2.94. The number of nitrogens with one attached hydrogen (secondary N) is 2. The Bertz CT molecular complexity index is 1360. The Labute approximate surface area is 200 Å². The molecule has 10 heteroatoms. The molecule has 2 atom stereocenters. The minimum absolute atomic E-state index is 0.191. The van der Waals surface area contributed by atoms with Crippen molar-refractivity contribution in [3.05, 3.63) is 58.1 Å². The fourth-order valence-corrected chi connectivity index (χ4v) is 4.56. The highest BCUT2D eigenvalue weighted by Gasteiger charge is 2.25. The number of likely N-dealkylation sites (tertiary alicyclic amines) is 1. The van der Waals surface area contributed by atoms with Crippen LogP contribution in [-0.4, -0.2) is 55.0 Å². The summed E-state index contributed by atoms with van der Waals surface area (Å²) >= 11 is 12.6. The van der Waals surface area contributed by atoms with Gasteiger partial charge < -0.3 is 20.3 Å². The van der Waals surface area contributed by atoms with Gasteiger partial charge in [-0.15, -0.1) is 0 Å². The van der Waals surface area contributed by atoms with Crippen molar-refractivity contribution in [2.24, 2.45) is 0 Å². The van der Waals surface area contributed by atoms with E-state index in [9.17, 15) is 9.90 Å². The summed E-state index contributed by atoms with van der Waals surface area (Å²) in [6, 6.07) is 8.70. The molecule has 1 saturated heterocycles. The lowest BCUT2D eigenvalue weighted by atomic mass is 10.1. The minimum Gasteiger partial charge on any atom is -0.391 e. The predicted molar refractivity (Wildman–Crippen MR) is 129 cm³/mol. The number of nitrogens with zero attached hydrogens (tertiary/aromatic N) is 4. The number of amides is 1. The lowest BCUT2D eigenvalue weighted by molar-refractivity contribution is 0.0474. The first-order valence-corrected chi connectivity index (χ1v) is 11.5. The number of rotatable bonds is 4. The molecule has 0 spiro atoms. The summed E-state index contributed by atoms with van der Waals surface area (Å²) in [5, 5.41) is 14.9. The minimum atomic E-state index is -0.504. The molecule has 0 radical (unpaired) electrons. The molecule has 1 aliphatic heterocycles. The van der Waals surface area contributed by atoms with Crippen LogP contribution in [0.1, 0.15) is 42.0 Å². The van der Waals surface area contributed by atoms with Gasteiger partial charge in [0.1, 0.15) is 18.0 Å². The number of hydrogen-bond acceptors (Lipinski definition) is 6. The van der Waals surface area contributed by atoms with E-state index in [-0.39, 0.29) is 11.9 Å². The largest absolute Gasteiger partial charge is 0.391 e. The van der Waals surface area contributed by atoms with Crippen LogP contribution < -0.4 is 5.32 Å². The molecule has 8 nitrogen and oxygen atoms in total. The van der Waals surface area contributed by atoms with E-state index in [0.717, 1.165) is 23.3 Å². The number of aliphatic hydroxyl groups is 1. The van der Waals surface area contributed by atoms with E-state index in [1.165, 1.54) is 6.33 Å². The lowest BCUT2D eigenvalue weighted by Crippen LogP contribution is -2.42. The second-order valence-electron chi connectivity index (χ2n) is 8.27. The Morgan fingerprint density at radius 3 is 2.91 bits per heavy atom. The normalized spacial score (nSPS) is 17.5. The van der Waals surface area contributed by atoms with Gasteiger partial charge >= 0.3 is 0 Å². The van der Waals surface area contributed by atoms with Crippen LogP contribution in [0, 0.1) is 0 Å². The number of H-pyrrole nitrogens is 1. The lowest BCUT2D eigenvalue weighted by Gasteiger charge is -2.30. The molecule has 33 heavy (non-hydrogen) atoms. The first-order valence-electron chi connectivity index (χ1n) is 10.7. The van der Waals surface area contributed by atoms with Gasteiger partial charge in [0.05, 0.1) is 39.3 Å². The summed E-state index contributed by atoms with van der Waals surface area (Å²) in [6.45, 7) is 2.87. The quantitative estimate of drug-likeness (QED) is 0.391. The smallest absolute Gasteiger partial charge is 0.255 e. The van der Waals surface area contributed by atoms with Crippen molar-refractivity contribution in [1.29, 1.82) is 0 Å². The Kier molecular flexibility index (Phi) is 5.82. The van der Waals surface area contributed by atoms with Gasteiger partial charge in [0.2, 0.25) is 0 Å². The van der Waals surface area contributed by atoms with Crippen LogP contribution in [0.3, 0.4) is 0 Å². The van der Waals surface area contributed by atoms with Crippen molar-refractivity contribution in [1.82, 2.24) is 24.8 Å². The average molecular weight is 485 g/mol. The number of anilines is 1. The average Bonchev–Trinajstić information content (AvgIpc) is 3.22. The molecule has 170 valence electrons. The molecule has 4 aromatic rings. The third kappa shape index (κ3) is 4.34. The van der Waals surface area contributed by atoms with E-state index < -0.39 is 6.10 Å². The number of fused-ring (bicyclic) bond motifs is 2. The first-order chi connectivity index (χ1) is 15.9. The molecule has 3 heterocycles. The third-order valence-corrected chi connectivity index (χ3v) is 6.41. The predicted octanol–water partition coefficient (Wildman–Crippen LogP) is 4.58. The van der Waals surface area contributed by atoms with Gasteiger partial charge in [-0.05, 0) is 50.1 Å². The molecule has 2 aromatic heterocycles. The van der Waals surface area contributed by atoms with Crippen LogP contribution in [0.25, 0.3) is 21.9 Å². The fourth-order valence-electron chi connectivity index (χ4n) is 4.15. The number of carbonyl (C=O) groups is 1. The van der Waals surface area contributed by atoms with E-state index in [0.29, 0.717) is 51.8 Å². The zero-order valence-corrected chi connectivity index (χ0v) is 19.4. The number of benzene rings is 2. The fraction of sp³-hybridized carbons (Fsp3) is 0.304. The summed E-state index contributed by atoms with van der Waals surface area (Å²) < 4.78 is 0. The van der Waals surface area contributed by atoms with Crippen LogP contribution >= 0.6 is 23.2 Å². The second kappa shape index (κ2) is 8.78. The highest BCUT2D eigenvalue weighted by atomic mass is 35.5. The number of piperidine rings is 1. The summed E-state index contributed by atoms with van der Waals surface area (Å²) in [7, 11) is 0. The molecule has 0 bridgehead atoms. The van der Waals surface area contributed by atoms with Gasteiger partial charge in [0.25, 0.3) is 5.91 Å². The van der Waals surface area contributed by atoms with E-state index >= 15 is 0 Å². The summed E-state index contributed by atoms with van der Waals surface area (Å²) in [6.07, 6.45) is 2.41. The zero-order valence-electron chi connectivity index (χ0n) is 17.8. The summed E-state index contributed by atoms with van der Waals surface area (Å²) in [5.74, 6) is 1.11. The Balaban J connectivity index is 1.44. The second-order valence-corrected chi connectivity index (χ2v) is 9.11. The van der Waals surface area contributed by atoms with E-state index in [2.05, 4.69) is 25.3 Å². The molecule has 0 unspecified atom stereocenters. The van der Waals surface area contributed by atoms with E-state index in [1.54, 1.807) is 23.1 Å². The van der Waals surface area contributed by atoms with Crippen LogP contribution in [0.5, 0.6) is 0 Å². The number of hydrogen-bond donors (Lipinski definition) is 3. The van der Waals surface area contributed by atoms with E-state index in [4.69, 9.17) is 23.2 Å². The van der Waals surface area contributed by atoms with Crippen molar-refractivity contribution in [3.8, 4) is 0 Å². The molecule has 5 rings (SSSR count). The van der Waals surface area contributed by atoms with Gasteiger partial charge in [-0.2, -0.15) is 0 Å². The van der Waals surface area contributed by atoms with Crippen molar-refractivity contribution in [3.63, 3.8) is 0 Å². The van der Waals surface area contributed by atoms with Gasteiger partial charge in [-0.3, -0.25) is 4.79 Å². The van der Waals surface area contributed by atoms with Gasteiger partial charge in [-0.1, -0.05) is 23.2 Å². The van der Waals surface area contributed by atoms with Gasteiger partial charge in [-0.25, -0.2) is 15.0 Å². The molecule has 2 aromatic carbocycles. The molecule has 0 aliphatic carbocycles. The molecule has 0 saturated carbocycles. The Morgan fingerprint density at radius 2 is 2.09 bits per heavy atom. The highest BCUT2D eigenvalue weighted by Crippen LogP contribution is 2.30. The number of aromatic nitrogens is 4. The van der Waals surface area contributed by atoms with Gasteiger partial charge in [0.15, 0.2) is 0 Å². The van der Waals surface area contributed by atoms with Crippen LogP contribution in [0.15, 0.2) is 36.7 Å². The summed E-state index contributed by atoms with van der Waals surface area (Å²) in [4.78, 5) is 31.3. The molecule has 1 amide bonds. The van der Waals surface area contributed by atoms with Crippen molar-refractivity contribution in [2.75, 3.05) is 18.4 Å². The van der Waals surface area contributed by atoms with Crippen molar-refractivity contribution in [2.45, 2.75) is 31.9 Å². The molecule has 1 aliphatic rings. The maximum Gasteiger partial charge on any atom is 0.255 e. The number of halogens is 2. The molecule has 3 N–H and O–H groups in total. The third-order valence-electron chi connectivity index (χ3n) is 5.86. The number of β-amino-alcohol motifs (C(OH)–C–C–N with tert-alkyl or cyclic N) is 1. The topological polar surface area (TPSA) is 107 Å². The molecule has 1 fully saturated rings. The number of imidazole rings is 1. The Morgan fingerprint density at radius 1 is 1.24 bits per heavy atom. The SMILES string of the molecule is C[C@@H](Nc1ncnc2cc(C(=O)N3CCC[C@@H](O)C3)c(Cl)cc12)c1nc2ccc(Cl)cc2[nH]1. The summed E-state index contributed by atoms with van der Waals surface area (Å²) in [5.41, 5.74) is 2.64. The monoisotopic (exact) mass is 484 g/mol. The number of aliphatic hydroxyl groups excluding tert-OH is 1. The van der Waals surface area contributed by atoms with Crippen molar-refractivity contribution >= 4 is 56.9 Å². The molecular weight excluding hydrogens is 463 g/mol. The van der Waals surface area contributed by atoms with E-state index in [1.807, 2.05) is 19.1 Å². The number of aromatic amines is 1. The maximum atomic E-state index is 13.0.